The molecule has 0 aliphatic carbocycles. The van der Waals surface area contributed by atoms with Gasteiger partial charge in [-0.1, -0.05) is 36.4 Å². The normalized spacial score (nSPS) is 14.5. The molecule has 7 heteroatoms. The van der Waals surface area contributed by atoms with Crippen molar-refractivity contribution in [2.45, 2.75) is 25.9 Å². The Morgan fingerprint density at radius 3 is 2.23 bits per heavy atom. The van der Waals surface area contributed by atoms with E-state index in [0.717, 1.165) is 39.1 Å². The zero-order valence-electron chi connectivity index (χ0n) is 17.9. The summed E-state index contributed by atoms with van der Waals surface area (Å²) in [7, 11) is -3.59. The van der Waals surface area contributed by atoms with Gasteiger partial charge in [-0.15, -0.1) is 0 Å². The SMILES string of the molecule is CCOc1ccc2ccc3ccc(CNC(C)(CO)COS(C)(=O)=O)c4ccc1c2c34. The standard InChI is InChI=1S/C24H27NO5S/c1-4-29-21-12-9-17-6-5-16-7-8-18(19-10-11-20(21)23(17)22(16)19)13-25-24(2,14-26)15-30-31(3,27)28/h5-12,25-26H,4,13-15H2,1-3H3. The van der Waals surface area contributed by atoms with Gasteiger partial charge in [-0.3, -0.25) is 4.18 Å². The maximum Gasteiger partial charge on any atom is 0.264 e. The molecule has 0 bridgehead atoms. The first-order valence-corrected chi connectivity index (χ1v) is 12.1. The fourth-order valence-electron chi connectivity index (χ4n) is 3.97. The molecule has 0 aromatic heterocycles. The Bertz CT molecular complexity index is 1330. The molecule has 6 nitrogen and oxygen atoms in total. The lowest BCUT2D eigenvalue weighted by Gasteiger charge is -2.28. The van der Waals surface area contributed by atoms with Crippen LogP contribution >= 0.6 is 0 Å². The smallest absolute Gasteiger partial charge is 0.264 e. The summed E-state index contributed by atoms with van der Waals surface area (Å²) in [4.78, 5) is 0. The summed E-state index contributed by atoms with van der Waals surface area (Å²) in [5.41, 5.74) is 0.164. The lowest BCUT2D eigenvalue weighted by molar-refractivity contribution is 0.118. The van der Waals surface area contributed by atoms with E-state index in [1.807, 2.05) is 13.0 Å². The third-order valence-electron chi connectivity index (χ3n) is 5.66. The van der Waals surface area contributed by atoms with Gasteiger partial charge in [-0.2, -0.15) is 8.42 Å². The highest BCUT2D eigenvalue weighted by Crippen LogP contribution is 2.39. The molecule has 4 rings (SSSR count). The molecular formula is C24H27NO5S. The summed E-state index contributed by atoms with van der Waals surface area (Å²) in [6.07, 6.45) is 1.00. The summed E-state index contributed by atoms with van der Waals surface area (Å²) in [6, 6.07) is 16.7. The van der Waals surface area contributed by atoms with Crippen molar-refractivity contribution in [1.29, 1.82) is 0 Å². The number of ether oxygens (including phenoxy) is 1. The van der Waals surface area contributed by atoms with Crippen molar-refractivity contribution >= 4 is 42.4 Å². The van der Waals surface area contributed by atoms with Crippen LogP contribution in [0.15, 0.2) is 48.5 Å². The lowest BCUT2D eigenvalue weighted by atomic mass is 9.91. The van der Waals surface area contributed by atoms with Gasteiger partial charge >= 0.3 is 0 Å². The van der Waals surface area contributed by atoms with Crippen molar-refractivity contribution in [3.8, 4) is 5.75 Å². The number of benzene rings is 4. The largest absolute Gasteiger partial charge is 0.493 e. The number of aliphatic hydroxyl groups excluding tert-OH is 1. The summed E-state index contributed by atoms with van der Waals surface area (Å²) in [5, 5.41) is 20.0. The highest BCUT2D eigenvalue weighted by molar-refractivity contribution is 7.85. The Balaban J connectivity index is 1.75. The van der Waals surface area contributed by atoms with Gasteiger partial charge in [0, 0.05) is 17.3 Å². The van der Waals surface area contributed by atoms with Gasteiger partial charge in [0.2, 0.25) is 0 Å². The van der Waals surface area contributed by atoms with Gasteiger partial charge in [0.25, 0.3) is 10.1 Å². The van der Waals surface area contributed by atoms with Gasteiger partial charge in [0.15, 0.2) is 0 Å². The van der Waals surface area contributed by atoms with Crippen LogP contribution in [0.25, 0.3) is 32.3 Å². The number of nitrogens with one attached hydrogen (secondary N) is 1. The molecule has 0 amide bonds. The van der Waals surface area contributed by atoms with Crippen LogP contribution in [0.4, 0.5) is 0 Å². The minimum atomic E-state index is -3.59. The van der Waals surface area contributed by atoms with Crippen LogP contribution in [-0.2, 0) is 20.8 Å². The van der Waals surface area contributed by atoms with E-state index in [-0.39, 0.29) is 13.2 Å². The first-order valence-electron chi connectivity index (χ1n) is 10.3. The second-order valence-electron chi connectivity index (χ2n) is 8.18. The van der Waals surface area contributed by atoms with E-state index < -0.39 is 15.7 Å². The molecule has 2 N–H and O–H groups in total. The van der Waals surface area contributed by atoms with Gasteiger partial charge < -0.3 is 15.2 Å². The van der Waals surface area contributed by atoms with Crippen molar-refractivity contribution in [2.24, 2.45) is 0 Å². The molecule has 1 unspecified atom stereocenters. The predicted octanol–water partition coefficient (Wildman–Crippen LogP) is 3.80. The summed E-state index contributed by atoms with van der Waals surface area (Å²) in [6.45, 7) is 4.37. The summed E-state index contributed by atoms with van der Waals surface area (Å²) in [5.74, 6) is 0.874. The Labute approximate surface area is 182 Å². The van der Waals surface area contributed by atoms with Gasteiger partial charge in [-0.25, -0.2) is 0 Å². The van der Waals surface area contributed by atoms with Gasteiger partial charge in [0.05, 0.1) is 31.6 Å². The molecule has 0 aliphatic rings. The van der Waals surface area contributed by atoms with E-state index in [4.69, 9.17) is 8.92 Å². The zero-order chi connectivity index (χ0) is 22.2. The molecule has 0 heterocycles. The molecule has 4 aromatic carbocycles. The van der Waals surface area contributed by atoms with Crippen LogP contribution in [0.1, 0.15) is 19.4 Å². The molecule has 0 radical (unpaired) electrons. The van der Waals surface area contributed by atoms with Crippen LogP contribution in [0.3, 0.4) is 0 Å². The van der Waals surface area contributed by atoms with Crippen molar-refractivity contribution < 1.29 is 22.4 Å². The van der Waals surface area contributed by atoms with E-state index >= 15 is 0 Å². The topological polar surface area (TPSA) is 84.9 Å². The van der Waals surface area contributed by atoms with Gasteiger partial charge in [-0.05, 0) is 53.1 Å². The van der Waals surface area contributed by atoms with Crippen molar-refractivity contribution in [2.75, 3.05) is 26.1 Å². The minimum absolute atomic E-state index is 0.147. The van der Waals surface area contributed by atoms with Crippen LogP contribution < -0.4 is 10.1 Å². The van der Waals surface area contributed by atoms with Crippen LogP contribution in [-0.4, -0.2) is 45.1 Å². The molecule has 0 saturated heterocycles. The van der Waals surface area contributed by atoms with Crippen LogP contribution in [0, 0.1) is 0 Å². The molecule has 0 fully saturated rings. The molecule has 0 saturated carbocycles. The van der Waals surface area contributed by atoms with Crippen LogP contribution in [0.5, 0.6) is 5.75 Å². The highest BCUT2D eigenvalue weighted by Gasteiger charge is 2.25. The van der Waals surface area contributed by atoms with Crippen molar-refractivity contribution in [1.82, 2.24) is 5.32 Å². The number of aliphatic hydroxyl groups is 1. The fraction of sp³-hybridized carbons (Fsp3) is 0.333. The first-order chi connectivity index (χ1) is 14.7. The number of hydrogen-bond donors (Lipinski definition) is 2. The molecule has 1 atom stereocenters. The van der Waals surface area contributed by atoms with E-state index in [1.165, 1.54) is 10.8 Å². The molecule has 164 valence electrons. The maximum absolute atomic E-state index is 11.4. The lowest BCUT2D eigenvalue weighted by Crippen LogP contribution is -2.49. The zero-order valence-corrected chi connectivity index (χ0v) is 18.8. The molecular weight excluding hydrogens is 414 g/mol. The Morgan fingerprint density at radius 1 is 0.968 bits per heavy atom. The minimum Gasteiger partial charge on any atom is -0.493 e. The van der Waals surface area contributed by atoms with Crippen LogP contribution in [0.2, 0.25) is 0 Å². The van der Waals surface area contributed by atoms with E-state index in [0.29, 0.717) is 13.2 Å². The van der Waals surface area contributed by atoms with Crippen molar-refractivity contribution in [3.63, 3.8) is 0 Å². The monoisotopic (exact) mass is 441 g/mol. The van der Waals surface area contributed by atoms with Crippen molar-refractivity contribution in [3.05, 3.63) is 54.1 Å². The Kier molecular flexibility index (Phi) is 5.79. The quantitative estimate of drug-likeness (QED) is 0.304. The number of hydrogen-bond acceptors (Lipinski definition) is 6. The van der Waals surface area contributed by atoms with E-state index in [9.17, 15) is 13.5 Å². The van der Waals surface area contributed by atoms with Gasteiger partial charge in [0.1, 0.15) is 5.75 Å². The fourth-order valence-corrected chi connectivity index (χ4v) is 4.44. The Morgan fingerprint density at radius 2 is 1.58 bits per heavy atom. The first kappa shape index (κ1) is 21.8. The summed E-state index contributed by atoms with van der Waals surface area (Å²) < 4.78 is 33.5. The average molecular weight is 442 g/mol. The average Bonchev–Trinajstić information content (AvgIpc) is 2.75. The van der Waals surface area contributed by atoms with E-state index in [1.54, 1.807) is 6.92 Å². The second kappa shape index (κ2) is 8.24. The maximum atomic E-state index is 11.4. The summed E-state index contributed by atoms with van der Waals surface area (Å²) >= 11 is 0. The second-order valence-corrected chi connectivity index (χ2v) is 9.83. The molecule has 31 heavy (non-hydrogen) atoms. The third kappa shape index (κ3) is 4.32. The Hall–Kier alpha value is -2.45. The third-order valence-corrected chi connectivity index (χ3v) is 6.21. The number of rotatable bonds is 9. The molecule has 0 aliphatic heterocycles. The highest BCUT2D eigenvalue weighted by atomic mass is 32.2. The predicted molar refractivity (Wildman–Crippen MR) is 124 cm³/mol. The molecule has 4 aromatic rings. The van der Waals surface area contributed by atoms with E-state index in [2.05, 4.69) is 47.8 Å². The molecule has 0 spiro atoms.